The molecule has 2 nitrogen and oxygen atoms in total. The molecule has 0 radical (unpaired) electrons. The fourth-order valence-corrected chi connectivity index (χ4v) is 0.769. The lowest BCUT2D eigenvalue weighted by Gasteiger charge is -2.07. The predicted octanol–water partition coefficient (Wildman–Crippen LogP) is 2.46. The van der Waals surface area contributed by atoms with Crippen molar-refractivity contribution < 1.29 is 0 Å². The van der Waals surface area contributed by atoms with Crippen molar-refractivity contribution in [2.24, 2.45) is 0 Å². The zero-order valence-corrected chi connectivity index (χ0v) is 8.24. The molecular formula is C10H17NO. The highest BCUT2D eigenvalue weighted by Crippen LogP contribution is 1.99. The Bertz CT molecular complexity index is 242. The van der Waals surface area contributed by atoms with Gasteiger partial charge in [0.25, 0.3) is 0 Å². The van der Waals surface area contributed by atoms with Crippen molar-refractivity contribution in [1.29, 1.82) is 0 Å². The fourth-order valence-electron chi connectivity index (χ4n) is 0.769. The monoisotopic (exact) mass is 167 g/mol. The number of hydrogen-bond donors (Lipinski definition) is 0. The first-order valence-electron chi connectivity index (χ1n) is 4.38. The van der Waals surface area contributed by atoms with Crippen LogP contribution in [0.5, 0.6) is 0 Å². The molecule has 0 amide bonds. The quantitative estimate of drug-likeness (QED) is 0.629. The number of aromatic nitrogens is 1. The van der Waals surface area contributed by atoms with Gasteiger partial charge in [0.15, 0.2) is 5.43 Å². The van der Waals surface area contributed by atoms with Crippen LogP contribution in [-0.2, 0) is 0 Å². The molecule has 0 unspecified atom stereocenters. The van der Waals surface area contributed by atoms with Crippen LogP contribution in [0.2, 0.25) is 0 Å². The molecule has 68 valence electrons. The van der Waals surface area contributed by atoms with Crippen LogP contribution in [0.25, 0.3) is 0 Å². The van der Waals surface area contributed by atoms with Crippen molar-refractivity contribution in [3.05, 3.63) is 34.7 Å². The predicted molar refractivity (Wildman–Crippen MR) is 52.4 cm³/mol. The van der Waals surface area contributed by atoms with Crippen LogP contribution in [0.1, 0.15) is 33.7 Å². The average molecular weight is 167 g/mol. The van der Waals surface area contributed by atoms with Crippen molar-refractivity contribution in [2.75, 3.05) is 0 Å². The lowest BCUT2D eigenvalue weighted by molar-refractivity contribution is 0.595. The van der Waals surface area contributed by atoms with Crippen LogP contribution in [0.15, 0.2) is 29.3 Å². The topological polar surface area (TPSA) is 22.0 Å². The first kappa shape index (κ1) is 11.0. The third-order valence-corrected chi connectivity index (χ3v) is 1.42. The number of pyridine rings is 1. The molecule has 12 heavy (non-hydrogen) atoms. The summed E-state index contributed by atoms with van der Waals surface area (Å²) in [6, 6.07) is 3.57. The van der Waals surface area contributed by atoms with Crippen LogP contribution in [0.3, 0.4) is 0 Å². The van der Waals surface area contributed by atoms with Gasteiger partial charge in [-0.25, -0.2) is 0 Å². The highest BCUT2D eigenvalue weighted by Gasteiger charge is 1.91. The lowest BCUT2D eigenvalue weighted by atomic mass is 10.3. The Morgan fingerprint density at radius 1 is 1.17 bits per heavy atom. The maximum Gasteiger partial charge on any atom is 0.181 e. The molecule has 0 aliphatic heterocycles. The molecule has 0 saturated carbocycles. The molecule has 0 aliphatic carbocycles. The minimum Gasteiger partial charge on any atom is -0.352 e. The summed E-state index contributed by atoms with van der Waals surface area (Å²) < 4.78 is 1.99. The van der Waals surface area contributed by atoms with Crippen LogP contribution < -0.4 is 5.43 Å². The second kappa shape index (κ2) is 5.58. The van der Waals surface area contributed by atoms with E-state index in [4.69, 9.17) is 0 Å². The van der Waals surface area contributed by atoms with Crippen LogP contribution >= 0.6 is 0 Å². The van der Waals surface area contributed by atoms with E-state index in [2.05, 4.69) is 13.8 Å². The first-order chi connectivity index (χ1) is 5.70. The highest BCUT2D eigenvalue weighted by atomic mass is 16.1. The summed E-state index contributed by atoms with van der Waals surface area (Å²) in [5.74, 6) is 0. The van der Waals surface area contributed by atoms with Gasteiger partial charge in [-0.2, -0.15) is 0 Å². The summed E-state index contributed by atoms with van der Waals surface area (Å²) in [5, 5.41) is 0. The summed E-state index contributed by atoms with van der Waals surface area (Å²) in [6.45, 7) is 8.15. The van der Waals surface area contributed by atoms with E-state index >= 15 is 0 Å². The lowest BCUT2D eigenvalue weighted by Crippen LogP contribution is -2.05. The largest absolute Gasteiger partial charge is 0.352 e. The Kier molecular flexibility index (Phi) is 5.09. The van der Waals surface area contributed by atoms with E-state index in [9.17, 15) is 4.79 Å². The Hall–Kier alpha value is -1.05. The molecular weight excluding hydrogens is 150 g/mol. The molecule has 1 aromatic rings. The molecule has 0 aromatic carbocycles. The van der Waals surface area contributed by atoms with E-state index in [1.54, 1.807) is 24.5 Å². The molecule has 2 heteroatoms. The highest BCUT2D eigenvalue weighted by molar-refractivity contribution is 4.94. The summed E-state index contributed by atoms with van der Waals surface area (Å²) in [7, 11) is 0. The first-order valence-corrected chi connectivity index (χ1v) is 4.38. The summed E-state index contributed by atoms with van der Waals surface area (Å²) in [5.41, 5.74) is 0.0666. The number of hydrogen-bond acceptors (Lipinski definition) is 1. The van der Waals surface area contributed by atoms with Crippen molar-refractivity contribution >= 4 is 0 Å². The van der Waals surface area contributed by atoms with Gasteiger partial charge >= 0.3 is 0 Å². The molecule has 1 heterocycles. The van der Waals surface area contributed by atoms with E-state index in [-0.39, 0.29) is 5.43 Å². The van der Waals surface area contributed by atoms with Crippen molar-refractivity contribution in [3.63, 3.8) is 0 Å². The van der Waals surface area contributed by atoms with E-state index < -0.39 is 0 Å². The number of nitrogens with zero attached hydrogens (tertiary/aromatic N) is 1. The minimum atomic E-state index is 0.0666. The van der Waals surface area contributed by atoms with Crippen LogP contribution in [0.4, 0.5) is 0 Å². The summed E-state index contributed by atoms with van der Waals surface area (Å²) in [4.78, 5) is 10.6. The molecule has 1 aromatic heterocycles. The van der Waals surface area contributed by atoms with Gasteiger partial charge in [-0.3, -0.25) is 4.79 Å². The van der Waals surface area contributed by atoms with Crippen molar-refractivity contribution in [1.82, 2.24) is 4.57 Å². The minimum absolute atomic E-state index is 0.0666. The molecule has 0 spiro atoms. The SMILES string of the molecule is CC.CC(C)n1ccc(=O)cc1. The van der Waals surface area contributed by atoms with Crippen LogP contribution in [-0.4, -0.2) is 4.57 Å². The number of rotatable bonds is 1. The van der Waals surface area contributed by atoms with Gasteiger partial charge in [0, 0.05) is 30.6 Å². The van der Waals surface area contributed by atoms with Gasteiger partial charge in [-0.15, -0.1) is 0 Å². The Balaban J connectivity index is 0.000000561. The van der Waals surface area contributed by atoms with E-state index in [1.807, 2.05) is 18.4 Å². The fraction of sp³-hybridized carbons (Fsp3) is 0.500. The third-order valence-electron chi connectivity index (χ3n) is 1.42. The second-order valence-corrected chi connectivity index (χ2v) is 2.57. The van der Waals surface area contributed by atoms with Gasteiger partial charge in [-0.05, 0) is 13.8 Å². The normalized spacial score (nSPS) is 9.08. The van der Waals surface area contributed by atoms with Gasteiger partial charge in [-0.1, -0.05) is 13.8 Å². The summed E-state index contributed by atoms with van der Waals surface area (Å²) in [6.07, 6.45) is 3.60. The van der Waals surface area contributed by atoms with Gasteiger partial charge < -0.3 is 4.57 Å². The molecule has 0 bridgehead atoms. The Labute approximate surface area is 73.9 Å². The van der Waals surface area contributed by atoms with Gasteiger partial charge in [0.1, 0.15) is 0 Å². The molecule has 0 fully saturated rings. The van der Waals surface area contributed by atoms with E-state index in [0.717, 1.165) is 0 Å². The van der Waals surface area contributed by atoms with Gasteiger partial charge in [0.2, 0.25) is 0 Å². The molecule has 1 rings (SSSR count). The van der Waals surface area contributed by atoms with Crippen LogP contribution in [0, 0.1) is 0 Å². The maximum absolute atomic E-state index is 10.6. The average Bonchev–Trinajstić information content (AvgIpc) is 2.09. The summed E-state index contributed by atoms with van der Waals surface area (Å²) >= 11 is 0. The third kappa shape index (κ3) is 3.37. The second-order valence-electron chi connectivity index (χ2n) is 2.57. The standard InChI is InChI=1S/C8H11NO.C2H6/c1-7(2)9-5-3-8(10)4-6-9;1-2/h3-7H,1-2H3;1-2H3. The smallest absolute Gasteiger partial charge is 0.181 e. The molecule has 0 aliphatic rings. The van der Waals surface area contributed by atoms with Crippen molar-refractivity contribution in [3.8, 4) is 0 Å². The Morgan fingerprint density at radius 3 is 1.92 bits per heavy atom. The maximum atomic E-state index is 10.6. The zero-order chi connectivity index (χ0) is 9.56. The van der Waals surface area contributed by atoms with E-state index in [0.29, 0.717) is 6.04 Å². The molecule has 0 N–H and O–H groups in total. The van der Waals surface area contributed by atoms with Crippen molar-refractivity contribution in [2.45, 2.75) is 33.7 Å². The molecule has 0 atom stereocenters. The molecule has 0 saturated heterocycles. The zero-order valence-electron chi connectivity index (χ0n) is 8.24. The Morgan fingerprint density at radius 2 is 1.58 bits per heavy atom. The van der Waals surface area contributed by atoms with E-state index in [1.165, 1.54) is 0 Å². The van der Waals surface area contributed by atoms with Gasteiger partial charge in [0.05, 0.1) is 0 Å².